The molecule has 0 aliphatic heterocycles. The van der Waals surface area contributed by atoms with Crippen molar-refractivity contribution < 1.29 is 4.79 Å². The summed E-state index contributed by atoms with van der Waals surface area (Å²) in [5.74, 6) is 0.323. The molecule has 1 fully saturated rings. The van der Waals surface area contributed by atoms with Gasteiger partial charge in [-0.2, -0.15) is 0 Å². The molecule has 2 nitrogen and oxygen atoms in total. The molecule has 2 aromatic rings. The average molecular weight is 319 g/mol. The molecule has 1 saturated carbocycles. The normalized spacial score (nSPS) is 22.5. The number of ketones is 1. The van der Waals surface area contributed by atoms with Crippen LogP contribution in [0.3, 0.4) is 0 Å². The van der Waals surface area contributed by atoms with E-state index in [1.165, 1.54) is 5.56 Å². The Hall–Kier alpha value is -2.19. The Labute approximate surface area is 144 Å². The highest BCUT2D eigenvalue weighted by Crippen LogP contribution is 2.42. The molecule has 24 heavy (non-hydrogen) atoms. The molecule has 1 aliphatic carbocycles. The molecule has 0 heterocycles. The molecule has 0 spiro atoms. The quantitative estimate of drug-likeness (QED) is 0.769. The minimum atomic E-state index is -0.300. The maximum atomic E-state index is 13.3. The second kappa shape index (κ2) is 7.14. The van der Waals surface area contributed by atoms with Crippen molar-refractivity contribution in [1.29, 1.82) is 0 Å². The molecular weight excluding hydrogens is 294 g/mol. The van der Waals surface area contributed by atoms with Crippen molar-refractivity contribution >= 4 is 11.9 Å². The molecule has 0 aromatic heterocycles. The van der Waals surface area contributed by atoms with Crippen LogP contribution in [-0.2, 0) is 11.2 Å². The first-order chi connectivity index (χ1) is 11.6. The molecule has 3 rings (SSSR count). The highest BCUT2D eigenvalue weighted by molar-refractivity contribution is 6.05. The van der Waals surface area contributed by atoms with Gasteiger partial charge < -0.3 is 4.90 Å². The largest absolute Gasteiger partial charge is 0.308 e. The lowest BCUT2D eigenvalue weighted by atomic mass is 9.78. The minimum Gasteiger partial charge on any atom is -0.308 e. The second-order valence-corrected chi connectivity index (χ2v) is 7.09. The summed E-state index contributed by atoms with van der Waals surface area (Å²) in [6.07, 6.45) is 4.69. The van der Waals surface area contributed by atoms with Crippen LogP contribution in [0.15, 0.2) is 66.2 Å². The van der Waals surface area contributed by atoms with Crippen LogP contribution < -0.4 is 0 Å². The van der Waals surface area contributed by atoms with E-state index < -0.39 is 0 Å². The Balaban J connectivity index is 1.90. The summed E-state index contributed by atoms with van der Waals surface area (Å²) in [7, 11) is 4.11. The summed E-state index contributed by atoms with van der Waals surface area (Å²) in [5, 5.41) is 0. The van der Waals surface area contributed by atoms with Gasteiger partial charge in [-0.3, -0.25) is 4.79 Å². The first-order valence-electron chi connectivity index (χ1n) is 8.58. The standard InChI is InChI=1S/C22H25NO/c1-23(2)17-22(16-19-11-7-4-8-12-19)14-13-20(21(22)24)15-18-9-5-3-6-10-18/h3-12,15H,13-14,16-17H2,1-2H3. The first-order valence-corrected chi connectivity index (χ1v) is 8.58. The number of Topliss-reactive ketones (excluding diaryl/α,β-unsaturated/α-hetero) is 1. The van der Waals surface area contributed by atoms with Gasteiger partial charge in [0.2, 0.25) is 0 Å². The van der Waals surface area contributed by atoms with E-state index in [0.29, 0.717) is 5.78 Å². The maximum absolute atomic E-state index is 13.3. The minimum absolute atomic E-state index is 0.300. The fraction of sp³-hybridized carbons (Fsp3) is 0.318. The van der Waals surface area contributed by atoms with E-state index in [2.05, 4.69) is 61.5 Å². The molecule has 0 saturated heterocycles. The fourth-order valence-corrected chi connectivity index (χ4v) is 3.80. The molecule has 124 valence electrons. The summed E-state index contributed by atoms with van der Waals surface area (Å²) in [6.45, 7) is 0.798. The number of carbonyl (C=O) groups is 1. The van der Waals surface area contributed by atoms with Crippen molar-refractivity contribution in [3.63, 3.8) is 0 Å². The molecule has 1 aliphatic rings. The molecule has 0 bridgehead atoms. The zero-order chi connectivity index (χ0) is 17.0. The molecule has 2 aromatic carbocycles. The van der Waals surface area contributed by atoms with Crippen LogP contribution in [0, 0.1) is 5.41 Å². The Kier molecular flexibility index (Phi) is 4.96. The number of allylic oxidation sites excluding steroid dienone is 1. The first kappa shape index (κ1) is 16.7. The summed E-state index contributed by atoms with van der Waals surface area (Å²) in [5.41, 5.74) is 3.03. The van der Waals surface area contributed by atoms with Gasteiger partial charge in [0.15, 0.2) is 5.78 Å². The summed E-state index contributed by atoms with van der Waals surface area (Å²) in [6, 6.07) is 20.5. The Morgan fingerprint density at radius 2 is 1.62 bits per heavy atom. The van der Waals surface area contributed by atoms with Crippen LogP contribution in [0.4, 0.5) is 0 Å². The van der Waals surface area contributed by atoms with Gasteiger partial charge in [-0.15, -0.1) is 0 Å². The van der Waals surface area contributed by atoms with Gasteiger partial charge in [-0.05, 0) is 56.1 Å². The van der Waals surface area contributed by atoms with Crippen molar-refractivity contribution in [2.45, 2.75) is 19.3 Å². The van der Waals surface area contributed by atoms with Crippen LogP contribution in [0.2, 0.25) is 0 Å². The van der Waals surface area contributed by atoms with Gasteiger partial charge in [-0.1, -0.05) is 60.7 Å². The van der Waals surface area contributed by atoms with E-state index in [9.17, 15) is 4.79 Å². The number of hydrogen-bond acceptors (Lipinski definition) is 2. The third-order valence-corrected chi connectivity index (χ3v) is 4.79. The van der Waals surface area contributed by atoms with Crippen molar-refractivity contribution in [3.8, 4) is 0 Å². The molecule has 0 radical (unpaired) electrons. The third-order valence-electron chi connectivity index (χ3n) is 4.79. The predicted octanol–water partition coefficient (Wildman–Crippen LogP) is 4.22. The van der Waals surface area contributed by atoms with Crippen molar-refractivity contribution in [2.24, 2.45) is 5.41 Å². The molecule has 0 amide bonds. The van der Waals surface area contributed by atoms with Crippen molar-refractivity contribution in [2.75, 3.05) is 20.6 Å². The zero-order valence-corrected chi connectivity index (χ0v) is 14.5. The van der Waals surface area contributed by atoms with Crippen LogP contribution in [-0.4, -0.2) is 31.3 Å². The van der Waals surface area contributed by atoms with E-state index >= 15 is 0 Å². The average Bonchev–Trinajstić information content (AvgIpc) is 2.86. The number of nitrogens with zero attached hydrogens (tertiary/aromatic N) is 1. The molecule has 1 atom stereocenters. The highest BCUT2D eigenvalue weighted by Gasteiger charge is 2.44. The van der Waals surface area contributed by atoms with E-state index in [4.69, 9.17) is 0 Å². The van der Waals surface area contributed by atoms with Crippen LogP contribution in [0.5, 0.6) is 0 Å². The summed E-state index contributed by atoms with van der Waals surface area (Å²) in [4.78, 5) is 15.4. The summed E-state index contributed by atoms with van der Waals surface area (Å²) >= 11 is 0. The smallest absolute Gasteiger partial charge is 0.166 e. The SMILES string of the molecule is CN(C)CC1(Cc2ccccc2)CCC(=Cc2ccccc2)C1=O. The lowest BCUT2D eigenvalue weighted by Gasteiger charge is -2.30. The van der Waals surface area contributed by atoms with Crippen LogP contribution >= 0.6 is 0 Å². The highest BCUT2D eigenvalue weighted by atomic mass is 16.1. The van der Waals surface area contributed by atoms with Crippen molar-refractivity contribution in [1.82, 2.24) is 4.90 Å². The number of rotatable bonds is 5. The topological polar surface area (TPSA) is 20.3 Å². The second-order valence-electron chi connectivity index (χ2n) is 7.09. The van der Waals surface area contributed by atoms with Crippen LogP contribution in [0.25, 0.3) is 6.08 Å². The zero-order valence-electron chi connectivity index (χ0n) is 14.5. The maximum Gasteiger partial charge on any atom is 0.166 e. The van der Waals surface area contributed by atoms with Gasteiger partial charge in [0.25, 0.3) is 0 Å². The summed E-state index contributed by atoms with van der Waals surface area (Å²) < 4.78 is 0. The van der Waals surface area contributed by atoms with Gasteiger partial charge in [0, 0.05) is 6.54 Å². The van der Waals surface area contributed by atoms with Gasteiger partial charge in [0.05, 0.1) is 5.41 Å². The number of benzene rings is 2. The Bertz CT molecular complexity index is 718. The predicted molar refractivity (Wildman–Crippen MR) is 99.8 cm³/mol. The van der Waals surface area contributed by atoms with Gasteiger partial charge in [0.1, 0.15) is 0 Å². The van der Waals surface area contributed by atoms with E-state index in [-0.39, 0.29) is 5.41 Å². The van der Waals surface area contributed by atoms with Crippen LogP contribution in [0.1, 0.15) is 24.0 Å². The van der Waals surface area contributed by atoms with Crippen molar-refractivity contribution in [3.05, 3.63) is 77.4 Å². The lowest BCUT2D eigenvalue weighted by Crippen LogP contribution is -2.39. The number of hydrogen-bond donors (Lipinski definition) is 0. The fourth-order valence-electron chi connectivity index (χ4n) is 3.80. The number of carbonyl (C=O) groups excluding carboxylic acids is 1. The monoisotopic (exact) mass is 319 g/mol. The van der Waals surface area contributed by atoms with E-state index in [1.807, 2.05) is 24.3 Å². The lowest BCUT2D eigenvalue weighted by molar-refractivity contribution is -0.123. The van der Waals surface area contributed by atoms with Gasteiger partial charge >= 0.3 is 0 Å². The molecular formula is C22H25NO. The van der Waals surface area contributed by atoms with E-state index in [0.717, 1.165) is 36.9 Å². The molecule has 0 N–H and O–H groups in total. The molecule has 1 unspecified atom stereocenters. The van der Waals surface area contributed by atoms with Gasteiger partial charge in [-0.25, -0.2) is 0 Å². The third kappa shape index (κ3) is 3.65. The Morgan fingerprint density at radius 3 is 2.25 bits per heavy atom. The van der Waals surface area contributed by atoms with E-state index in [1.54, 1.807) is 0 Å². The molecule has 2 heteroatoms. The Morgan fingerprint density at radius 1 is 1.00 bits per heavy atom.